The Kier molecular flexibility index (Phi) is 3.52. The van der Waals surface area contributed by atoms with E-state index in [0.717, 1.165) is 30.8 Å². The number of nitrogens with one attached hydrogen (secondary N) is 2. The van der Waals surface area contributed by atoms with Gasteiger partial charge in [0.05, 0.1) is 11.4 Å². The van der Waals surface area contributed by atoms with E-state index in [-0.39, 0.29) is 11.7 Å². The maximum absolute atomic E-state index is 12.3. The average molecular weight is 282 g/mol. The number of phenols is 1. The van der Waals surface area contributed by atoms with Crippen LogP contribution in [-0.4, -0.2) is 17.6 Å². The summed E-state index contributed by atoms with van der Waals surface area (Å²) in [5, 5.41) is 15.8. The molecule has 0 aromatic heterocycles. The summed E-state index contributed by atoms with van der Waals surface area (Å²) in [7, 11) is 0. The number of para-hydroxylation sites is 1. The average Bonchev–Trinajstić information content (AvgIpc) is 2.50. The summed E-state index contributed by atoms with van der Waals surface area (Å²) < 4.78 is 0. The fourth-order valence-electron chi connectivity index (χ4n) is 2.60. The zero-order valence-electron chi connectivity index (χ0n) is 11.9. The molecule has 108 valence electrons. The molecule has 1 aliphatic rings. The first-order valence-corrected chi connectivity index (χ1v) is 7.12. The van der Waals surface area contributed by atoms with E-state index in [4.69, 9.17) is 0 Å². The third kappa shape index (κ3) is 2.70. The summed E-state index contributed by atoms with van der Waals surface area (Å²) in [6.45, 7) is 2.70. The number of carbonyl (C=O) groups excluding carboxylic acids is 1. The number of aromatic hydroxyl groups is 1. The third-order valence-corrected chi connectivity index (χ3v) is 3.78. The Hall–Kier alpha value is -2.49. The van der Waals surface area contributed by atoms with Gasteiger partial charge in [0.2, 0.25) is 0 Å². The number of amides is 1. The van der Waals surface area contributed by atoms with Crippen molar-refractivity contribution < 1.29 is 9.90 Å². The van der Waals surface area contributed by atoms with Gasteiger partial charge >= 0.3 is 0 Å². The first-order chi connectivity index (χ1) is 10.1. The summed E-state index contributed by atoms with van der Waals surface area (Å²) in [5.74, 6) is 0.0316. The molecule has 4 heteroatoms. The molecular formula is C17H18N2O2. The summed E-state index contributed by atoms with van der Waals surface area (Å²) in [6, 6.07) is 10.8. The van der Waals surface area contributed by atoms with Crippen molar-refractivity contribution in [2.24, 2.45) is 0 Å². The topological polar surface area (TPSA) is 61.4 Å². The van der Waals surface area contributed by atoms with E-state index in [1.54, 1.807) is 25.1 Å². The number of fused-ring (bicyclic) bond motifs is 1. The molecule has 0 saturated carbocycles. The van der Waals surface area contributed by atoms with E-state index in [1.165, 1.54) is 5.56 Å². The maximum atomic E-state index is 12.3. The van der Waals surface area contributed by atoms with Crippen molar-refractivity contribution in [3.63, 3.8) is 0 Å². The standard InChI is InChI=1S/C17H18N2O2/c1-11-10-13(7-8-15(11)20)17(21)19-14-6-2-4-12-5-3-9-18-16(12)14/h2,4,6-8,10,18,20H,3,5,9H2,1H3,(H,19,21). The van der Waals surface area contributed by atoms with Crippen LogP contribution in [0.15, 0.2) is 36.4 Å². The molecule has 0 atom stereocenters. The normalized spacial score (nSPS) is 13.2. The highest BCUT2D eigenvalue weighted by Crippen LogP contribution is 2.30. The molecule has 2 aromatic rings. The molecule has 1 heterocycles. The van der Waals surface area contributed by atoms with Gasteiger partial charge in [-0.15, -0.1) is 0 Å². The van der Waals surface area contributed by atoms with Gasteiger partial charge in [0.15, 0.2) is 0 Å². The lowest BCUT2D eigenvalue weighted by atomic mass is 10.0. The Morgan fingerprint density at radius 2 is 2.14 bits per heavy atom. The molecule has 0 bridgehead atoms. The van der Waals surface area contributed by atoms with Gasteiger partial charge in [-0.05, 0) is 55.2 Å². The summed E-state index contributed by atoms with van der Waals surface area (Å²) in [4.78, 5) is 12.3. The summed E-state index contributed by atoms with van der Waals surface area (Å²) in [5.41, 5.74) is 4.30. The van der Waals surface area contributed by atoms with Gasteiger partial charge in [0.1, 0.15) is 5.75 Å². The Balaban J connectivity index is 1.86. The smallest absolute Gasteiger partial charge is 0.255 e. The quantitative estimate of drug-likeness (QED) is 0.792. The molecule has 1 aliphatic heterocycles. The minimum absolute atomic E-state index is 0.168. The first kappa shape index (κ1) is 13.5. The van der Waals surface area contributed by atoms with Crippen LogP contribution in [0.5, 0.6) is 5.75 Å². The van der Waals surface area contributed by atoms with E-state index < -0.39 is 0 Å². The largest absolute Gasteiger partial charge is 0.508 e. The van der Waals surface area contributed by atoms with E-state index in [0.29, 0.717) is 11.1 Å². The number of benzene rings is 2. The van der Waals surface area contributed by atoms with E-state index in [1.807, 2.05) is 12.1 Å². The molecule has 0 fully saturated rings. The highest BCUT2D eigenvalue weighted by Gasteiger charge is 2.15. The van der Waals surface area contributed by atoms with Crippen LogP contribution in [0.25, 0.3) is 0 Å². The fourth-order valence-corrected chi connectivity index (χ4v) is 2.60. The van der Waals surface area contributed by atoms with Crippen LogP contribution in [0.3, 0.4) is 0 Å². The zero-order valence-corrected chi connectivity index (χ0v) is 11.9. The van der Waals surface area contributed by atoms with Crippen LogP contribution in [0.1, 0.15) is 27.9 Å². The second kappa shape index (κ2) is 5.48. The summed E-state index contributed by atoms with van der Waals surface area (Å²) in [6.07, 6.45) is 2.14. The van der Waals surface area contributed by atoms with Crippen molar-refractivity contribution in [3.05, 3.63) is 53.1 Å². The molecule has 0 saturated heterocycles. The van der Waals surface area contributed by atoms with Gasteiger partial charge in [0, 0.05) is 12.1 Å². The number of anilines is 2. The fraction of sp³-hybridized carbons (Fsp3) is 0.235. The molecule has 4 nitrogen and oxygen atoms in total. The first-order valence-electron chi connectivity index (χ1n) is 7.12. The van der Waals surface area contributed by atoms with Crippen LogP contribution >= 0.6 is 0 Å². The maximum Gasteiger partial charge on any atom is 0.255 e. The highest BCUT2D eigenvalue weighted by atomic mass is 16.3. The molecular weight excluding hydrogens is 264 g/mol. The van der Waals surface area contributed by atoms with Gasteiger partial charge < -0.3 is 15.7 Å². The molecule has 0 unspecified atom stereocenters. The molecule has 2 aromatic carbocycles. The van der Waals surface area contributed by atoms with Crippen LogP contribution in [0.2, 0.25) is 0 Å². The lowest BCUT2D eigenvalue weighted by Crippen LogP contribution is -2.17. The Morgan fingerprint density at radius 1 is 1.29 bits per heavy atom. The lowest BCUT2D eigenvalue weighted by molar-refractivity contribution is 0.102. The molecule has 0 radical (unpaired) electrons. The number of carbonyl (C=O) groups is 1. The predicted molar refractivity (Wildman–Crippen MR) is 84.0 cm³/mol. The molecule has 0 spiro atoms. The van der Waals surface area contributed by atoms with Crippen LogP contribution in [0.4, 0.5) is 11.4 Å². The lowest BCUT2D eigenvalue weighted by Gasteiger charge is -2.21. The minimum atomic E-state index is -0.168. The Morgan fingerprint density at radius 3 is 2.95 bits per heavy atom. The Bertz CT molecular complexity index is 695. The third-order valence-electron chi connectivity index (χ3n) is 3.78. The van der Waals surface area contributed by atoms with Crippen molar-refractivity contribution in [1.82, 2.24) is 0 Å². The molecule has 3 rings (SSSR count). The van der Waals surface area contributed by atoms with Crippen molar-refractivity contribution in [1.29, 1.82) is 0 Å². The molecule has 0 aliphatic carbocycles. The number of aryl methyl sites for hydroxylation is 2. The number of hydrogen-bond donors (Lipinski definition) is 3. The van der Waals surface area contributed by atoms with Crippen molar-refractivity contribution in [3.8, 4) is 5.75 Å². The minimum Gasteiger partial charge on any atom is -0.508 e. The van der Waals surface area contributed by atoms with E-state index in [2.05, 4.69) is 16.7 Å². The van der Waals surface area contributed by atoms with Crippen molar-refractivity contribution >= 4 is 17.3 Å². The number of phenolic OH excluding ortho intramolecular Hbond substituents is 1. The van der Waals surface area contributed by atoms with Gasteiger partial charge in [-0.1, -0.05) is 12.1 Å². The zero-order chi connectivity index (χ0) is 14.8. The second-order valence-electron chi connectivity index (χ2n) is 5.33. The van der Waals surface area contributed by atoms with Crippen molar-refractivity contribution in [2.45, 2.75) is 19.8 Å². The van der Waals surface area contributed by atoms with Gasteiger partial charge in [-0.2, -0.15) is 0 Å². The predicted octanol–water partition coefficient (Wildman–Crippen LogP) is 3.31. The highest BCUT2D eigenvalue weighted by molar-refractivity contribution is 6.06. The molecule has 3 N–H and O–H groups in total. The van der Waals surface area contributed by atoms with E-state index in [9.17, 15) is 9.90 Å². The van der Waals surface area contributed by atoms with E-state index >= 15 is 0 Å². The monoisotopic (exact) mass is 282 g/mol. The van der Waals surface area contributed by atoms with Crippen molar-refractivity contribution in [2.75, 3.05) is 17.2 Å². The molecule has 1 amide bonds. The summed E-state index contributed by atoms with van der Waals surface area (Å²) >= 11 is 0. The number of rotatable bonds is 2. The molecule has 21 heavy (non-hydrogen) atoms. The Labute approximate surface area is 123 Å². The SMILES string of the molecule is Cc1cc(C(=O)Nc2cccc3c2NCCC3)ccc1O. The van der Waals surface area contributed by atoms with Crippen LogP contribution in [-0.2, 0) is 6.42 Å². The van der Waals surface area contributed by atoms with Gasteiger partial charge in [-0.25, -0.2) is 0 Å². The van der Waals surface area contributed by atoms with Gasteiger partial charge in [-0.3, -0.25) is 4.79 Å². The van der Waals surface area contributed by atoms with Gasteiger partial charge in [0.25, 0.3) is 5.91 Å². The number of hydrogen-bond acceptors (Lipinski definition) is 3. The van der Waals surface area contributed by atoms with Crippen LogP contribution in [0, 0.1) is 6.92 Å². The second-order valence-corrected chi connectivity index (χ2v) is 5.33. The van der Waals surface area contributed by atoms with Crippen LogP contribution < -0.4 is 10.6 Å².